The molecule has 0 bridgehead atoms. The summed E-state index contributed by atoms with van der Waals surface area (Å²) in [4.78, 5) is 4.53. The molecule has 2 aromatic rings. The molecule has 1 heterocycles. The number of aryl methyl sites for hydroxylation is 1. The van der Waals surface area contributed by atoms with Crippen molar-refractivity contribution in [3.8, 4) is 17.1 Å². The molecule has 0 aliphatic rings. The molecule has 96 valence electrons. The Labute approximate surface area is 107 Å². The van der Waals surface area contributed by atoms with Gasteiger partial charge >= 0.3 is 0 Å². The fourth-order valence-corrected chi connectivity index (χ4v) is 1.88. The number of benzene rings is 1. The van der Waals surface area contributed by atoms with Crippen molar-refractivity contribution in [3.05, 3.63) is 24.0 Å². The van der Waals surface area contributed by atoms with E-state index in [-0.39, 0.29) is 0 Å². The molecule has 0 saturated heterocycles. The van der Waals surface area contributed by atoms with Gasteiger partial charge in [-0.15, -0.1) is 0 Å². The van der Waals surface area contributed by atoms with Crippen LogP contribution in [0, 0.1) is 0 Å². The number of methoxy groups -OCH3 is 1. The smallest absolute Gasteiger partial charge is 0.183 e. The summed E-state index contributed by atoms with van der Waals surface area (Å²) in [5, 5.41) is 4.40. The molecule has 0 fully saturated rings. The van der Waals surface area contributed by atoms with Gasteiger partial charge in [0.15, 0.2) is 5.82 Å². The van der Waals surface area contributed by atoms with Crippen LogP contribution in [0.3, 0.4) is 0 Å². The minimum absolute atomic E-state index is 0.329. The fraction of sp³-hybridized carbons (Fsp3) is 0.385. The zero-order valence-corrected chi connectivity index (χ0v) is 11.1. The van der Waals surface area contributed by atoms with E-state index in [2.05, 4.69) is 23.9 Å². The predicted molar refractivity (Wildman–Crippen MR) is 71.5 cm³/mol. The number of aromatic nitrogens is 3. The number of hydrogen-bond acceptors (Lipinski definition) is 4. The van der Waals surface area contributed by atoms with Gasteiger partial charge in [-0.3, -0.25) is 4.68 Å². The molecule has 5 nitrogen and oxygen atoms in total. The monoisotopic (exact) mass is 246 g/mol. The number of hydrogen-bond donors (Lipinski definition) is 1. The Balaban J connectivity index is 2.46. The summed E-state index contributed by atoms with van der Waals surface area (Å²) < 4.78 is 6.92. The van der Waals surface area contributed by atoms with Crippen molar-refractivity contribution >= 4 is 5.69 Å². The molecule has 0 saturated carbocycles. The Hall–Kier alpha value is -2.04. The minimum atomic E-state index is 0.329. The lowest BCUT2D eigenvalue weighted by atomic mass is 10.1. The number of rotatable bonds is 3. The Morgan fingerprint density at radius 3 is 2.56 bits per heavy atom. The van der Waals surface area contributed by atoms with E-state index >= 15 is 0 Å². The second-order valence-corrected chi connectivity index (χ2v) is 4.53. The van der Waals surface area contributed by atoms with E-state index in [1.807, 2.05) is 19.2 Å². The number of nitrogen functional groups attached to an aromatic ring is 1. The second-order valence-electron chi connectivity index (χ2n) is 4.53. The van der Waals surface area contributed by atoms with E-state index in [9.17, 15) is 0 Å². The van der Waals surface area contributed by atoms with Crippen molar-refractivity contribution in [2.75, 3.05) is 12.8 Å². The molecule has 0 aliphatic heterocycles. The largest absolute Gasteiger partial charge is 0.497 e. The standard InChI is InChI=1S/C13H18N4O/c1-8(2)13-15-12(16-17(13)3)10-6-5-9(18-4)7-11(10)14/h5-8H,14H2,1-4H3. The third kappa shape index (κ3) is 2.16. The molecular formula is C13H18N4O. The van der Waals surface area contributed by atoms with Gasteiger partial charge in [0.25, 0.3) is 0 Å². The summed E-state index contributed by atoms with van der Waals surface area (Å²) in [5.74, 6) is 2.66. The third-order valence-electron chi connectivity index (χ3n) is 2.81. The van der Waals surface area contributed by atoms with Crippen molar-refractivity contribution in [1.82, 2.24) is 14.8 Å². The van der Waals surface area contributed by atoms with Gasteiger partial charge in [0, 0.05) is 30.3 Å². The number of ether oxygens (including phenoxy) is 1. The van der Waals surface area contributed by atoms with Crippen LogP contribution in [0.25, 0.3) is 11.4 Å². The molecule has 18 heavy (non-hydrogen) atoms. The highest BCUT2D eigenvalue weighted by molar-refractivity contribution is 5.72. The van der Waals surface area contributed by atoms with Gasteiger partial charge in [-0.25, -0.2) is 4.98 Å². The predicted octanol–water partition coefficient (Wildman–Crippen LogP) is 2.20. The van der Waals surface area contributed by atoms with Crippen LogP contribution in [0.15, 0.2) is 18.2 Å². The van der Waals surface area contributed by atoms with E-state index in [1.54, 1.807) is 17.9 Å². The summed E-state index contributed by atoms with van der Waals surface area (Å²) in [6, 6.07) is 5.52. The zero-order chi connectivity index (χ0) is 13.3. The highest BCUT2D eigenvalue weighted by Gasteiger charge is 2.14. The Bertz CT molecular complexity index is 560. The number of nitrogens with zero attached hydrogens (tertiary/aromatic N) is 3. The van der Waals surface area contributed by atoms with Crippen molar-refractivity contribution in [3.63, 3.8) is 0 Å². The molecule has 0 aliphatic carbocycles. The molecule has 0 spiro atoms. The SMILES string of the molecule is COc1ccc(-c2nc(C(C)C)n(C)n2)c(N)c1. The van der Waals surface area contributed by atoms with Crippen LogP contribution in [0.5, 0.6) is 5.75 Å². The van der Waals surface area contributed by atoms with Gasteiger partial charge < -0.3 is 10.5 Å². The van der Waals surface area contributed by atoms with Crippen LogP contribution in [-0.4, -0.2) is 21.9 Å². The summed E-state index contributed by atoms with van der Waals surface area (Å²) >= 11 is 0. The van der Waals surface area contributed by atoms with Gasteiger partial charge in [-0.1, -0.05) is 13.8 Å². The molecular weight excluding hydrogens is 228 g/mol. The van der Waals surface area contributed by atoms with Gasteiger partial charge in [0.05, 0.1) is 7.11 Å². The normalized spacial score (nSPS) is 10.9. The maximum Gasteiger partial charge on any atom is 0.183 e. The Morgan fingerprint density at radius 2 is 2.06 bits per heavy atom. The summed E-state index contributed by atoms with van der Waals surface area (Å²) in [5.41, 5.74) is 7.45. The molecule has 5 heteroatoms. The Kier molecular flexibility index (Phi) is 3.23. The number of nitrogens with two attached hydrogens (primary N) is 1. The summed E-state index contributed by atoms with van der Waals surface area (Å²) in [7, 11) is 3.51. The van der Waals surface area contributed by atoms with E-state index < -0.39 is 0 Å². The first kappa shape index (κ1) is 12.4. The lowest BCUT2D eigenvalue weighted by Crippen LogP contribution is -2.00. The van der Waals surface area contributed by atoms with Crippen LogP contribution in [0.4, 0.5) is 5.69 Å². The first-order valence-electron chi connectivity index (χ1n) is 5.87. The van der Waals surface area contributed by atoms with E-state index in [4.69, 9.17) is 10.5 Å². The van der Waals surface area contributed by atoms with Crippen LogP contribution < -0.4 is 10.5 Å². The average Bonchev–Trinajstić information content (AvgIpc) is 2.71. The molecule has 2 N–H and O–H groups in total. The Morgan fingerprint density at radius 1 is 1.33 bits per heavy atom. The van der Waals surface area contributed by atoms with Crippen molar-refractivity contribution in [2.45, 2.75) is 19.8 Å². The topological polar surface area (TPSA) is 66.0 Å². The molecule has 1 aromatic heterocycles. The molecule has 1 aromatic carbocycles. The van der Waals surface area contributed by atoms with Gasteiger partial charge in [-0.2, -0.15) is 5.10 Å². The second kappa shape index (κ2) is 4.68. The van der Waals surface area contributed by atoms with Crippen LogP contribution in [0.2, 0.25) is 0 Å². The molecule has 0 unspecified atom stereocenters. The zero-order valence-electron chi connectivity index (χ0n) is 11.1. The number of anilines is 1. The highest BCUT2D eigenvalue weighted by Crippen LogP contribution is 2.28. The molecule has 2 rings (SSSR count). The van der Waals surface area contributed by atoms with Crippen LogP contribution in [-0.2, 0) is 7.05 Å². The van der Waals surface area contributed by atoms with Gasteiger partial charge in [-0.05, 0) is 12.1 Å². The summed E-state index contributed by atoms with van der Waals surface area (Å²) in [6.45, 7) is 4.18. The van der Waals surface area contributed by atoms with E-state index in [0.717, 1.165) is 17.1 Å². The highest BCUT2D eigenvalue weighted by atomic mass is 16.5. The minimum Gasteiger partial charge on any atom is -0.497 e. The van der Waals surface area contributed by atoms with Gasteiger partial charge in [0.1, 0.15) is 11.6 Å². The van der Waals surface area contributed by atoms with Crippen molar-refractivity contribution < 1.29 is 4.74 Å². The maximum absolute atomic E-state index is 6.00. The van der Waals surface area contributed by atoms with Crippen LogP contribution >= 0.6 is 0 Å². The average molecular weight is 246 g/mol. The van der Waals surface area contributed by atoms with Crippen LogP contribution in [0.1, 0.15) is 25.6 Å². The first-order chi connectivity index (χ1) is 8.52. The quantitative estimate of drug-likeness (QED) is 0.843. The van der Waals surface area contributed by atoms with E-state index in [0.29, 0.717) is 17.4 Å². The molecule has 0 amide bonds. The first-order valence-corrected chi connectivity index (χ1v) is 5.87. The van der Waals surface area contributed by atoms with Crippen molar-refractivity contribution in [1.29, 1.82) is 0 Å². The fourth-order valence-electron chi connectivity index (χ4n) is 1.88. The van der Waals surface area contributed by atoms with Crippen molar-refractivity contribution in [2.24, 2.45) is 7.05 Å². The molecule has 0 radical (unpaired) electrons. The summed E-state index contributed by atoms with van der Waals surface area (Å²) in [6.07, 6.45) is 0. The molecule has 0 atom stereocenters. The maximum atomic E-state index is 6.00. The van der Waals surface area contributed by atoms with Gasteiger partial charge in [0.2, 0.25) is 0 Å². The third-order valence-corrected chi connectivity index (χ3v) is 2.81. The lowest BCUT2D eigenvalue weighted by molar-refractivity contribution is 0.415. The van der Waals surface area contributed by atoms with E-state index in [1.165, 1.54) is 0 Å². The lowest BCUT2D eigenvalue weighted by Gasteiger charge is -2.04.